The van der Waals surface area contributed by atoms with Crippen LogP contribution in [0.5, 0.6) is 0 Å². The van der Waals surface area contributed by atoms with Gasteiger partial charge in [-0.2, -0.15) is 0 Å². The van der Waals surface area contributed by atoms with Gasteiger partial charge in [0.2, 0.25) is 5.91 Å². The standard InChI is InChI=1S/C20H27ClFN3O.ClH/c21-17-5-4-16(10-18(17)22)25-7-6-15(11-25)24-20(26)14-8-12-2-1-3-13(9-14)19(12)23;/h4-5,10,12-15,19H,1-3,6-9,11,23H2,(H,24,26);1H. The van der Waals surface area contributed by atoms with Crippen molar-refractivity contribution in [3.63, 3.8) is 0 Å². The molecule has 1 aliphatic heterocycles. The molecule has 2 aliphatic carbocycles. The number of nitrogens with one attached hydrogen (secondary N) is 1. The summed E-state index contributed by atoms with van der Waals surface area (Å²) >= 11 is 5.76. The molecule has 3 atom stereocenters. The van der Waals surface area contributed by atoms with Crippen LogP contribution in [0, 0.1) is 23.6 Å². The van der Waals surface area contributed by atoms with E-state index in [4.69, 9.17) is 17.3 Å². The number of carbonyl (C=O) groups is 1. The molecule has 2 bridgehead atoms. The van der Waals surface area contributed by atoms with Gasteiger partial charge in [-0.1, -0.05) is 18.0 Å². The molecule has 0 spiro atoms. The molecule has 1 amide bonds. The van der Waals surface area contributed by atoms with Crippen LogP contribution < -0.4 is 16.0 Å². The molecular weight excluding hydrogens is 388 g/mol. The maximum atomic E-state index is 13.7. The van der Waals surface area contributed by atoms with Gasteiger partial charge in [0.1, 0.15) is 5.82 Å². The maximum absolute atomic E-state index is 13.7. The first-order chi connectivity index (χ1) is 12.5. The third kappa shape index (κ3) is 4.36. The zero-order valence-corrected chi connectivity index (χ0v) is 16.9. The van der Waals surface area contributed by atoms with Crippen LogP contribution in [0.15, 0.2) is 18.2 Å². The molecule has 150 valence electrons. The highest BCUT2D eigenvalue weighted by Gasteiger charge is 2.41. The molecule has 3 unspecified atom stereocenters. The van der Waals surface area contributed by atoms with Crippen molar-refractivity contribution in [1.82, 2.24) is 5.32 Å². The quantitative estimate of drug-likeness (QED) is 0.789. The Balaban J connectivity index is 0.00000210. The minimum Gasteiger partial charge on any atom is -0.369 e. The summed E-state index contributed by atoms with van der Waals surface area (Å²) in [5.74, 6) is 0.905. The molecule has 1 saturated heterocycles. The topological polar surface area (TPSA) is 58.4 Å². The van der Waals surface area contributed by atoms with E-state index in [1.807, 2.05) is 6.07 Å². The van der Waals surface area contributed by atoms with E-state index >= 15 is 0 Å². The number of anilines is 1. The Hall–Kier alpha value is -1.04. The van der Waals surface area contributed by atoms with Gasteiger partial charge in [-0.15, -0.1) is 12.4 Å². The second-order valence-electron chi connectivity index (χ2n) is 8.24. The summed E-state index contributed by atoms with van der Waals surface area (Å²) < 4.78 is 13.7. The number of nitrogens with two attached hydrogens (primary N) is 1. The number of carbonyl (C=O) groups excluding carboxylic acids is 1. The van der Waals surface area contributed by atoms with Gasteiger partial charge in [-0.3, -0.25) is 4.79 Å². The van der Waals surface area contributed by atoms with Crippen LogP contribution in [0.25, 0.3) is 0 Å². The third-order valence-corrected chi connectivity index (χ3v) is 6.89. The molecule has 7 heteroatoms. The van der Waals surface area contributed by atoms with E-state index in [9.17, 15) is 9.18 Å². The Morgan fingerprint density at radius 2 is 1.93 bits per heavy atom. The van der Waals surface area contributed by atoms with Crippen molar-refractivity contribution in [3.8, 4) is 0 Å². The maximum Gasteiger partial charge on any atom is 0.223 e. The van der Waals surface area contributed by atoms with E-state index in [1.54, 1.807) is 6.07 Å². The number of hydrogen-bond donors (Lipinski definition) is 2. The summed E-state index contributed by atoms with van der Waals surface area (Å²) in [6.07, 6.45) is 6.34. The molecule has 1 aromatic rings. The first-order valence-electron chi connectivity index (χ1n) is 9.77. The van der Waals surface area contributed by atoms with Crippen LogP contribution in [0.2, 0.25) is 5.02 Å². The smallest absolute Gasteiger partial charge is 0.223 e. The normalized spacial score (nSPS) is 32.7. The lowest BCUT2D eigenvalue weighted by atomic mass is 9.65. The van der Waals surface area contributed by atoms with Crippen LogP contribution in [0.4, 0.5) is 10.1 Å². The van der Waals surface area contributed by atoms with E-state index in [1.165, 1.54) is 25.3 Å². The molecule has 1 aromatic carbocycles. The van der Waals surface area contributed by atoms with Crippen LogP contribution in [0.3, 0.4) is 0 Å². The molecular formula is C20H28Cl2FN3O. The summed E-state index contributed by atoms with van der Waals surface area (Å²) in [7, 11) is 0. The molecule has 0 radical (unpaired) electrons. The lowest BCUT2D eigenvalue weighted by Gasteiger charge is -2.43. The van der Waals surface area contributed by atoms with Crippen molar-refractivity contribution in [2.24, 2.45) is 23.5 Å². The molecule has 3 N–H and O–H groups in total. The molecule has 4 rings (SSSR count). The molecule has 0 aromatic heterocycles. The Bertz CT molecular complexity index is 675. The van der Waals surface area contributed by atoms with Gasteiger partial charge in [-0.25, -0.2) is 4.39 Å². The number of hydrogen-bond acceptors (Lipinski definition) is 3. The molecule has 4 nitrogen and oxygen atoms in total. The van der Waals surface area contributed by atoms with Crippen molar-refractivity contribution >= 4 is 35.6 Å². The van der Waals surface area contributed by atoms with Gasteiger partial charge in [0.25, 0.3) is 0 Å². The van der Waals surface area contributed by atoms with Crippen molar-refractivity contribution in [3.05, 3.63) is 29.0 Å². The van der Waals surface area contributed by atoms with Crippen LogP contribution >= 0.6 is 24.0 Å². The number of benzene rings is 1. The number of halogens is 3. The zero-order chi connectivity index (χ0) is 18.3. The number of rotatable bonds is 3. The number of amides is 1. The van der Waals surface area contributed by atoms with Crippen LogP contribution in [-0.2, 0) is 4.79 Å². The third-order valence-electron chi connectivity index (χ3n) is 6.59. The lowest BCUT2D eigenvalue weighted by Crippen LogP contribution is -2.50. The zero-order valence-electron chi connectivity index (χ0n) is 15.4. The Kier molecular flexibility index (Phi) is 6.54. The predicted molar refractivity (Wildman–Crippen MR) is 109 cm³/mol. The van der Waals surface area contributed by atoms with E-state index < -0.39 is 5.82 Å². The van der Waals surface area contributed by atoms with E-state index in [0.29, 0.717) is 18.4 Å². The molecule has 2 saturated carbocycles. The largest absolute Gasteiger partial charge is 0.369 e. The monoisotopic (exact) mass is 415 g/mol. The van der Waals surface area contributed by atoms with Gasteiger partial charge < -0.3 is 16.0 Å². The average Bonchev–Trinajstić information content (AvgIpc) is 3.05. The molecule has 3 aliphatic rings. The fraction of sp³-hybridized carbons (Fsp3) is 0.650. The fourth-order valence-electron chi connectivity index (χ4n) is 5.12. The first-order valence-corrected chi connectivity index (χ1v) is 10.1. The second kappa shape index (κ2) is 8.54. The lowest BCUT2D eigenvalue weighted by molar-refractivity contribution is -0.128. The summed E-state index contributed by atoms with van der Waals surface area (Å²) in [6, 6.07) is 5.30. The van der Waals surface area contributed by atoms with Gasteiger partial charge in [0, 0.05) is 36.8 Å². The summed E-state index contributed by atoms with van der Waals surface area (Å²) in [5.41, 5.74) is 7.16. The Morgan fingerprint density at radius 3 is 2.59 bits per heavy atom. The average molecular weight is 416 g/mol. The van der Waals surface area contributed by atoms with Crippen molar-refractivity contribution in [1.29, 1.82) is 0 Å². The SMILES string of the molecule is Cl.NC1C2CCCC1CC(C(=O)NC1CCN(c3ccc(Cl)c(F)c3)C1)C2. The van der Waals surface area contributed by atoms with Gasteiger partial charge >= 0.3 is 0 Å². The predicted octanol–water partition coefficient (Wildman–Crippen LogP) is 3.75. The molecule has 27 heavy (non-hydrogen) atoms. The summed E-state index contributed by atoms with van der Waals surface area (Å²) in [5, 5.41) is 3.38. The Morgan fingerprint density at radius 1 is 1.22 bits per heavy atom. The first kappa shape index (κ1) is 20.7. The molecule has 3 fully saturated rings. The number of fused-ring (bicyclic) bond motifs is 2. The minimum absolute atomic E-state index is 0. The second-order valence-corrected chi connectivity index (χ2v) is 8.64. The summed E-state index contributed by atoms with van der Waals surface area (Å²) in [6.45, 7) is 1.53. The van der Waals surface area contributed by atoms with Crippen LogP contribution in [0.1, 0.15) is 38.5 Å². The van der Waals surface area contributed by atoms with Gasteiger partial charge in [0.05, 0.1) is 5.02 Å². The van der Waals surface area contributed by atoms with E-state index in [0.717, 1.165) is 31.5 Å². The van der Waals surface area contributed by atoms with E-state index in [-0.39, 0.29) is 41.3 Å². The highest BCUT2D eigenvalue weighted by atomic mass is 35.5. The Labute approximate surface area is 171 Å². The summed E-state index contributed by atoms with van der Waals surface area (Å²) in [4.78, 5) is 14.9. The van der Waals surface area contributed by atoms with Gasteiger partial charge in [0.15, 0.2) is 0 Å². The minimum atomic E-state index is -0.401. The van der Waals surface area contributed by atoms with Crippen molar-refractivity contribution in [2.45, 2.75) is 50.6 Å². The number of nitrogens with zero attached hydrogens (tertiary/aromatic N) is 1. The van der Waals surface area contributed by atoms with Crippen molar-refractivity contribution < 1.29 is 9.18 Å². The van der Waals surface area contributed by atoms with Crippen LogP contribution in [-0.4, -0.2) is 31.1 Å². The van der Waals surface area contributed by atoms with E-state index in [2.05, 4.69) is 10.2 Å². The highest BCUT2D eigenvalue weighted by Crippen LogP contribution is 2.42. The van der Waals surface area contributed by atoms with Gasteiger partial charge in [-0.05, 0) is 62.1 Å². The van der Waals surface area contributed by atoms with Crippen molar-refractivity contribution in [2.75, 3.05) is 18.0 Å². The molecule has 1 heterocycles. The fourth-order valence-corrected chi connectivity index (χ4v) is 5.23. The highest BCUT2D eigenvalue weighted by molar-refractivity contribution is 6.30.